The summed E-state index contributed by atoms with van der Waals surface area (Å²) in [6.07, 6.45) is 3.57. The summed E-state index contributed by atoms with van der Waals surface area (Å²) in [6.45, 7) is 0. The molecule has 0 N–H and O–H groups in total. The number of carbonyl (C=O) groups excluding carboxylic acids is 2. The van der Waals surface area contributed by atoms with Crippen LogP contribution in [0.1, 0.15) is 27.1 Å². The van der Waals surface area contributed by atoms with Crippen LogP contribution in [-0.2, 0) is 0 Å². The van der Waals surface area contributed by atoms with Crippen molar-refractivity contribution in [2.75, 3.05) is 20.5 Å². The van der Waals surface area contributed by atoms with Crippen LogP contribution in [0.3, 0.4) is 0 Å². The molecule has 25 heavy (non-hydrogen) atoms. The molecule has 0 spiro atoms. The summed E-state index contributed by atoms with van der Waals surface area (Å²) in [4.78, 5) is 25.5. The molecule has 0 aliphatic carbocycles. The lowest BCUT2D eigenvalue weighted by atomic mass is 10.1. The number of rotatable bonds is 8. The van der Waals surface area contributed by atoms with E-state index in [1.165, 1.54) is 17.8 Å². The Morgan fingerprint density at radius 1 is 0.880 bits per heavy atom. The summed E-state index contributed by atoms with van der Waals surface area (Å²) in [5, 5.41) is 0. The Bertz CT molecular complexity index is 761. The molecule has 5 heteroatoms. The molecule has 0 aromatic heterocycles. The zero-order valence-electron chi connectivity index (χ0n) is 14.4. The summed E-state index contributed by atoms with van der Waals surface area (Å²) >= 11 is 1.40. The van der Waals surface area contributed by atoms with E-state index in [9.17, 15) is 9.59 Å². The molecule has 0 saturated heterocycles. The fourth-order valence-corrected chi connectivity index (χ4v) is 2.70. The van der Waals surface area contributed by atoms with E-state index >= 15 is 0 Å². The van der Waals surface area contributed by atoms with Crippen LogP contribution >= 0.6 is 11.8 Å². The van der Waals surface area contributed by atoms with E-state index in [2.05, 4.69) is 0 Å². The smallest absolute Gasteiger partial charge is 0.186 e. The predicted octanol–water partition coefficient (Wildman–Crippen LogP) is 4.41. The highest BCUT2D eigenvalue weighted by Crippen LogP contribution is 2.22. The topological polar surface area (TPSA) is 52.6 Å². The van der Waals surface area contributed by atoms with E-state index in [0.29, 0.717) is 22.6 Å². The third-order valence-electron chi connectivity index (χ3n) is 3.68. The number of hydrogen-bond donors (Lipinski definition) is 0. The van der Waals surface area contributed by atoms with Crippen LogP contribution < -0.4 is 9.47 Å². The van der Waals surface area contributed by atoms with Gasteiger partial charge in [-0.2, -0.15) is 0 Å². The van der Waals surface area contributed by atoms with Gasteiger partial charge in [-0.25, -0.2) is 0 Å². The maximum absolute atomic E-state index is 12.4. The number of benzene rings is 2. The van der Waals surface area contributed by atoms with Crippen LogP contribution in [0, 0.1) is 0 Å². The molecule has 2 aromatic rings. The van der Waals surface area contributed by atoms with Crippen molar-refractivity contribution in [2.24, 2.45) is 0 Å². The number of hydrogen-bond acceptors (Lipinski definition) is 5. The highest BCUT2D eigenvalue weighted by molar-refractivity contribution is 8.02. The van der Waals surface area contributed by atoms with Gasteiger partial charge in [0, 0.05) is 17.5 Å². The van der Waals surface area contributed by atoms with Gasteiger partial charge < -0.3 is 9.47 Å². The van der Waals surface area contributed by atoms with Gasteiger partial charge in [-0.3, -0.25) is 9.59 Å². The van der Waals surface area contributed by atoms with E-state index in [-0.39, 0.29) is 18.0 Å². The number of thioether (sulfide) groups is 1. The first-order valence-corrected chi connectivity index (χ1v) is 8.90. The molecule has 0 heterocycles. The van der Waals surface area contributed by atoms with Gasteiger partial charge in [0.2, 0.25) is 0 Å². The van der Waals surface area contributed by atoms with Gasteiger partial charge in [-0.1, -0.05) is 0 Å². The third-order valence-corrected chi connectivity index (χ3v) is 4.46. The van der Waals surface area contributed by atoms with E-state index in [4.69, 9.17) is 9.47 Å². The minimum Gasteiger partial charge on any atom is -0.497 e. The van der Waals surface area contributed by atoms with Crippen molar-refractivity contribution >= 4 is 23.3 Å². The van der Waals surface area contributed by atoms with Crippen molar-refractivity contribution in [1.29, 1.82) is 0 Å². The van der Waals surface area contributed by atoms with Gasteiger partial charge in [0.1, 0.15) is 11.5 Å². The fourth-order valence-electron chi connectivity index (χ4n) is 2.20. The summed E-state index contributed by atoms with van der Waals surface area (Å²) in [6, 6.07) is 13.8. The van der Waals surface area contributed by atoms with Crippen molar-refractivity contribution < 1.29 is 19.1 Å². The number of ketones is 2. The highest BCUT2D eigenvalue weighted by atomic mass is 32.2. The van der Waals surface area contributed by atoms with Gasteiger partial charge in [0.25, 0.3) is 0 Å². The highest BCUT2D eigenvalue weighted by Gasteiger charge is 2.11. The van der Waals surface area contributed by atoms with E-state index in [0.717, 1.165) is 4.91 Å². The molecule has 0 radical (unpaired) electrons. The van der Waals surface area contributed by atoms with E-state index < -0.39 is 0 Å². The van der Waals surface area contributed by atoms with Gasteiger partial charge in [0.05, 0.1) is 14.2 Å². The lowest BCUT2D eigenvalue weighted by Crippen LogP contribution is -2.02. The zero-order valence-corrected chi connectivity index (χ0v) is 15.3. The second-order valence-electron chi connectivity index (χ2n) is 5.24. The molecular formula is C20H20O4S. The fraction of sp³-hybridized carbons (Fsp3) is 0.200. The molecular weight excluding hydrogens is 336 g/mol. The van der Waals surface area contributed by atoms with Crippen LogP contribution in [0.25, 0.3) is 0 Å². The second-order valence-corrected chi connectivity index (χ2v) is 6.17. The Balaban J connectivity index is 2.09. The largest absolute Gasteiger partial charge is 0.497 e. The zero-order chi connectivity index (χ0) is 18.2. The normalized spacial score (nSPS) is 11.1. The predicted molar refractivity (Wildman–Crippen MR) is 101 cm³/mol. The minimum atomic E-state index is -0.130. The van der Waals surface area contributed by atoms with Crippen LogP contribution in [0.2, 0.25) is 0 Å². The summed E-state index contributed by atoms with van der Waals surface area (Å²) in [5.74, 6) is 1.23. The van der Waals surface area contributed by atoms with Crippen LogP contribution in [0.4, 0.5) is 0 Å². The number of Topliss-reactive ketones (excluding diaryl/α,β-unsaturated/α-hetero) is 1. The van der Waals surface area contributed by atoms with Crippen molar-refractivity contribution in [3.05, 3.63) is 70.6 Å². The molecule has 0 saturated carbocycles. The van der Waals surface area contributed by atoms with Gasteiger partial charge in [0.15, 0.2) is 11.6 Å². The molecule has 0 amide bonds. The van der Waals surface area contributed by atoms with Crippen LogP contribution in [0.15, 0.2) is 59.5 Å². The summed E-state index contributed by atoms with van der Waals surface area (Å²) in [7, 11) is 3.16. The standard InChI is InChI=1S/C20H20O4S/c1-23-16-8-4-14(5-9-16)19(21)12-18(25-3)13-20(22)15-6-10-17(24-2)11-7-15/h4-12H,13H2,1-3H3/b18-12+. The monoisotopic (exact) mass is 356 g/mol. The minimum absolute atomic E-state index is 0.0363. The van der Waals surface area contributed by atoms with Crippen LogP contribution in [0.5, 0.6) is 11.5 Å². The van der Waals surface area contributed by atoms with Crippen molar-refractivity contribution in [3.8, 4) is 11.5 Å². The Kier molecular flexibility index (Phi) is 6.83. The van der Waals surface area contributed by atoms with Crippen LogP contribution in [-0.4, -0.2) is 32.0 Å². The van der Waals surface area contributed by atoms with Crippen molar-refractivity contribution in [2.45, 2.75) is 6.42 Å². The molecule has 0 unspecified atom stereocenters. The molecule has 2 aromatic carbocycles. The first-order valence-electron chi connectivity index (χ1n) is 7.67. The van der Waals surface area contributed by atoms with E-state index in [1.807, 2.05) is 6.26 Å². The first kappa shape index (κ1) is 18.8. The molecule has 0 bridgehead atoms. The number of ether oxygens (including phenoxy) is 2. The van der Waals surface area contributed by atoms with Crippen molar-refractivity contribution in [1.82, 2.24) is 0 Å². The van der Waals surface area contributed by atoms with Gasteiger partial charge in [-0.15, -0.1) is 11.8 Å². The van der Waals surface area contributed by atoms with E-state index in [1.54, 1.807) is 62.8 Å². The molecule has 0 atom stereocenters. The maximum Gasteiger partial charge on any atom is 0.186 e. The number of carbonyl (C=O) groups is 2. The average Bonchev–Trinajstić information content (AvgIpc) is 2.67. The average molecular weight is 356 g/mol. The summed E-state index contributed by atoms with van der Waals surface area (Å²) in [5.41, 5.74) is 1.15. The third kappa shape index (κ3) is 5.22. The van der Waals surface area contributed by atoms with Gasteiger partial charge >= 0.3 is 0 Å². The maximum atomic E-state index is 12.4. The Morgan fingerprint density at radius 2 is 1.36 bits per heavy atom. The SMILES string of the molecule is COc1ccc(C(=O)/C=C(\CC(=O)c2ccc(OC)cc2)SC)cc1. The Morgan fingerprint density at radius 3 is 1.80 bits per heavy atom. The van der Waals surface area contributed by atoms with Gasteiger partial charge in [-0.05, 0) is 65.8 Å². The Hall–Kier alpha value is -2.53. The quantitative estimate of drug-likeness (QED) is 0.518. The molecule has 0 fully saturated rings. The summed E-state index contributed by atoms with van der Waals surface area (Å²) < 4.78 is 10.2. The molecule has 2 rings (SSSR count). The second kappa shape index (κ2) is 9.08. The lowest BCUT2D eigenvalue weighted by Gasteiger charge is -2.06. The lowest BCUT2D eigenvalue weighted by molar-refractivity contribution is 0.0995. The molecule has 0 aliphatic rings. The van der Waals surface area contributed by atoms with Crippen molar-refractivity contribution in [3.63, 3.8) is 0 Å². The molecule has 0 aliphatic heterocycles. The first-order chi connectivity index (χ1) is 12.1. The number of allylic oxidation sites excluding steroid dienone is 2. The number of methoxy groups -OCH3 is 2. The molecule has 130 valence electrons. The molecule has 4 nitrogen and oxygen atoms in total. The Labute approximate surface area is 151 Å².